The third kappa shape index (κ3) is 1.69. The number of H-pyrrole nitrogens is 3. The predicted molar refractivity (Wildman–Crippen MR) is 68.0 cm³/mol. The summed E-state index contributed by atoms with van der Waals surface area (Å²) in [7, 11) is 1.51. The lowest BCUT2D eigenvalue weighted by Crippen LogP contribution is -2.28. The van der Waals surface area contributed by atoms with Gasteiger partial charge >= 0.3 is 5.69 Å². The van der Waals surface area contributed by atoms with Gasteiger partial charge < -0.3 is 9.97 Å². The van der Waals surface area contributed by atoms with Gasteiger partial charge in [-0.25, -0.2) is 9.78 Å². The smallest absolute Gasteiger partial charge is 0.329 e. The maximum Gasteiger partial charge on any atom is 0.329 e. The Morgan fingerprint density at radius 2 is 1.95 bits per heavy atom. The third-order valence-corrected chi connectivity index (χ3v) is 2.81. The molecular formula is C11H9N5O3. The Hall–Kier alpha value is -2.90. The first-order chi connectivity index (χ1) is 9.06. The molecule has 3 N–H and O–H groups in total. The molecule has 0 aliphatic rings. The Kier molecular flexibility index (Phi) is 2.24. The van der Waals surface area contributed by atoms with Crippen molar-refractivity contribution in [1.29, 1.82) is 0 Å². The standard InChI is InChI=1S/C11H9N5O3/c1-16-9-7(10(18)15-11(16)19)13-8(14-9)5-2-3-6(17)12-4-5/h2-4H,1H3,(H,12,17)(H,13,14)(H,15,18,19). The van der Waals surface area contributed by atoms with E-state index in [0.29, 0.717) is 11.4 Å². The zero-order valence-corrected chi connectivity index (χ0v) is 9.85. The minimum absolute atomic E-state index is 0.211. The number of aryl methyl sites for hydroxylation is 1. The first kappa shape index (κ1) is 11.2. The molecule has 0 aromatic carbocycles. The molecule has 0 atom stereocenters. The van der Waals surface area contributed by atoms with Gasteiger partial charge in [0, 0.05) is 24.9 Å². The van der Waals surface area contributed by atoms with Gasteiger partial charge in [-0.15, -0.1) is 0 Å². The van der Waals surface area contributed by atoms with Crippen molar-refractivity contribution in [2.45, 2.75) is 0 Å². The minimum atomic E-state index is -0.531. The number of hydrogen-bond acceptors (Lipinski definition) is 4. The number of nitrogens with zero attached hydrogens (tertiary/aromatic N) is 2. The first-order valence-corrected chi connectivity index (χ1v) is 5.44. The van der Waals surface area contributed by atoms with Crippen LogP contribution < -0.4 is 16.8 Å². The van der Waals surface area contributed by atoms with Gasteiger partial charge in [-0.05, 0) is 6.07 Å². The summed E-state index contributed by atoms with van der Waals surface area (Å²) in [6.45, 7) is 0. The van der Waals surface area contributed by atoms with Crippen LogP contribution in [0, 0.1) is 0 Å². The second-order valence-electron chi connectivity index (χ2n) is 4.04. The number of aromatic nitrogens is 5. The van der Waals surface area contributed by atoms with Crippen LogP contribution in [-0.2, 0) is 7.05 Å². The lowest BCUT2D eigenvalue weighted by Gasteiger charge is -1.94. The molecule has 96 valence electrons. The zero-order valence-electron chi connectivity index (χ0n) is 9.85. The fourth-order valence-electron chi connectivity index (χ4n) is 1.80. The van der Waals surface area contributed by atoms with E-state index in [0.717, 1.165) is 0 Å². The van der Waals surface area contributed by atoms with E-state index >= 15 is 0 Å². The second-order valence-corrected chi connectivity index (χ2v) is 4.04. The van der Waals surface area contributed by atoms with E-state index in [1.807, 2.05) is 0 Å². The molecule has 3 rings (SSSR count). The fraction of sp³-hybridized carbons (Fsp3) is 0.0909. The van der Waals surface area contributed by atoms with Crippen molar-refractivity contribution >= 4 is 11.2 Å². The normalized spacial score (nSPS) is 11.0. The number of pyridine rings is 1. The molecule has 0 aliphatic carbocycles. The highest BCUT2D eigenvalue weighted by Gasteiger charge is 2.11. The number of fused-ring (bicyclic) bond motifs is 1. The molecule has 3 aromatic heterocycles. The van der Waals surface area contributed by atoms with Crippen LogP contribution >= 0.6 is 0 Å². The van der Waals surface area contributed by atoms with Gasteiger partial charge in [0.2, 0.25) is 5.56 Å². The van der Waals surface area contributed by atoms with Crippen molar-refractivity contribution < 1.29 is 0 Å². The van der Waals surface area contributed by atoms with E-state index in [1.165, 1.54) is 23.9 Å². The topological polar surface area (TPSA) is 116 Å². The maximum absolute atomic E-state index is 11.7. The summed E-state index contributed by atoms with van der Waals surface area (Å²) in [6, 6.07) is 2.93. The van der Waals surface area contributed by atoms with Crippen molar-refractivity contribution in [2.75, 3.05) is 0 Å². The zero-order chi connectivity index (χ0) is 13.6. The molecule has 0 unspecified atom stereocenters. The van der Waals surface area contributed by atoms with E-state index in [1.54, 1.807) is 6.07 Å². The molecule has 3 aromatic rings. The summed E-state index contributed by atoms with van der Waals surface area (Å²) in [5.41, 5.74) is -0.204. The van der Waals surface area contributed by atoms with E-state index in [4.69, 9.17) is 0 Å². The second kappa shape index (κ2) is 3.80. The Bertz CT molecular complexity index is 923. The molecule has 0 spiro atoms. The van der Waals surface area contributed by atoms with Crippen LogP contribution in [0.3, 0.4) is 0 Å². The minimum Gasteiger partial charge on any atom is -0.332 e. The summed E-state index contributed by atoms with van der Waals surface area (Å²) in [5.74, 6) is 0.401. The van der Waals surface area contributed by atoms with Crippen LogP contribution in [0.25, 0.3) is 22.6 Å². The number of hydrogen-bond donors (Lipinski definition) is 3. The van der Waals surface area contributed by atoms with Gasteiger partial charge in [0.15, 0.2) is 5.65 Å². The molecule has 8 nitrogen and oxygen atoms in total. The van der Waals surface area contributed by atoms with Gasteiger partial charge in [-0.1, -0.05) is 0 Å². The van der Waals surface area contributed by atoms with Gasteiger partial charge in [0.1, 0.15) is 11.3 Å². The highest BCUT2D eigenvalue weighted by molar-refractivity contribution is 5.74. The van der Waals surface area contributed by atoms with Crippen LogP contribution in [0.15, 0.2) is 32.7 Å². The summed E-state index contributed by atoms with van der Waals surface area (Å²) in [5, 5.41) is 0. The molecule has 19 heavy (non-hydrogen) atoms. The third-order valence-electron chi connectivity index (χ3n) is 2.81. The Labute approximate surface area is 104 Å². The molecule has 0 bridgehead atoms. The molecule has 0 saturated heterocycles. The first-order valence-electron chi connectivity index (χ1n) is 5.44. The Balaban J connectivity index is 2.33. The van der Waals surface area contributed by atoms with Crippen LogP contribution in [-0.4, -0.2) is 24.5 Å². The number of aromatic amines is 3. The molecular weight excluding hydrogens is 250 g/mol. The Morgan fingerprint density at radius 3 is 2.63 bits per heavy atom. The Morgan fingerprint density at radius 1 is 1.16 bits per heavy atom. The van der Waals surface area contributed by atoms with Gasteiger partial charge in [-0.3, -0.25) is 19.1 Å². The van der Waals surface area contributed by atoms with Crippen LogP contribution in [0.2, 0.25) is 0 Å². The monoisotopic (exact) mass is 259 g/mol. The largest absolute Gasteiger partial charge is 0.332 e. The van der Waals surface area contributed by atoms with Crippen molar-refractivity contribution in [3.8, 4) is 11.4 Å². The number of rotatable bonds is 1. The summed E-state index contributed by atoms with van der Waals surface area (Å²) in [6.07, 6.45) is 1.48. The molecule has 0 radical (unpaired) electrons. The van der Waals surface area contributed by atoms with Crippen molar-refractivity contribution in [2.24, 2.45) is 7.05 Å². The number of nitrogens with one attached hydrogen (secondary N) is 3. The van der Waals surface area contributed by atoms with Crippen molar-refractivity contribution in [1.82, 2.24) is 24.5 Å². The van der Waals surface area contributed by atoms with E-state index in [9.17, 15) is 14.4 Å². The molecule has 0 aliphatic heterocycles. The highest BCUT2D eigenvalue weighted by Crippen LogP contribution is 2.15. The van der Waals surface area contributed by atoms with Crippen molar-refractivity contribution in [3.63, 3.8) is 0 Å². The maximum atomic E-state index is 11.7. The SMILES string of the molecule is Cn1c(=O)[nH]c(=O)c2[nH]c(-c3ccc(=O)[nH]c3)nc21. The lowest BCUT2D eigenvalue weighted by atomic mass is 10.3. The quantitative estimate of drug-likeness (QED) is 0.536. The molecule has 0 saturated carbocycles. The molecule has 0 fully saturated rings. The van der Waals surface area contributed by atoms with Crippen LogP contribution in [0.5, 0.6) is 0 Å². The number of imidazole rings is 1. The van der Waals surface area contributed by atoms with Gasteiger partial charge in [0.05, 0.1) is 0 Å². The van der Waals surface area contributed by atoms with E-state index in [-0.39, 0.29) is 16.7 Å². The van der Waals surface area contributed by atoms with Gasteiger partial charge in [0.25, 0.3) is 5.56 Å². The summed E-state index contributed by atoms with van der Waals surface area (Å²) < 4.78 is 1.24. The summed E-state index contributed by atoms with van der Waals surface area (Å²) >= 11 is 0. The molecule has 3 heterocycles. The fourth-order valence-corrected chi connectivity index (χ4v) is 1.80. The molecule has 0 amide bonds. The molecule has 8 heteroatoms. The lowest BCUT2D eigenvalue weighted by molar-refractivity contribution is 0.832. The average molecular weight is 259 g/mol. The van der Waals surface area contributed by atoms with Crippen LogP contribution in [0.1, 0.15) is 0 Å². The summed E-state index contributed by atoms with van der Waals surface area (Å²) in [4.78, 5) is 45.8. The van der Waals surface area contributed by atoms with E-state index in [2.05, 4.69) is 19.9 Å². The van der Waals surface area contributed by atoms with Crippen LogP contribution in [0.4, 0.5) is 0 Å². The predicted octanol–water partition coefficient (Wildman–Crippen LogP) is -0.695. The van der Waals surface area contributed by atoms with Gasteiger partial charge in [-0.2, -0.15) is 0 Å². The highest BCUT2D eigenvalue weighted by atomic mass is 16.2. The van der Waals surface area contributed by atoms with E-state index < -0.39 is 11.2 Å². The van der Waals surface area contributed by atoms with Crippen molar-refractivity contribution in [3.05, 3.63) is 49.5 Å². The average Bonchev–Trinajstić information content (AvgIpc) is 2.83.